The van der Waals surface area contributed by atoms with Crippen LogP contribution in [0.15, 0.2) is 58.3 Å². The normalized spacial score (nSPS) is 10.9. The largest absolute Gasteiger partial charge is 0.451 e. The Labute approximate surface area is 145 Å². The summed E-state index contributed by atoms with van der Waals surface area (Å²) in [6, 6.07) is 13.6. The van der Waals surface area contributed by atoms with Crippen LogP contribution in [0, 0.1) is 5.82 Å². The first-order valence-corrected chi connectivity index (χ1v) is 8.30. The fraction of sp³-hybridized carbons (Fsp3) is 0.0556. The third-order valence-electron chi connectivity index (χ3n) is 3.46. The Morgan fingerprint density at radius 3 is 2.84 bits per heavy atom. The van der Waals surface area contributed by atoms with E-state index in [1.54, 1.807) is 5.38 Å². The smallest absolute Gasteiger partial charge is 0.358 e. The third kappa shape index (κ3) is 3.27. The van der Waals surface area contributed by atoms with Crippen molar-refractivity contribution in [3.05, 3.63) is 71.3 Å². The van der Waals surface area contributed by atoms with Gasteiger partial charge in [-0.3, -0.25) is 0 Å². The predicted molar refractivity (Wildman–Crippen MR) is 90.6 cm³/mol. The monoisotopic (exact) mass is 354 g/mol. The number of hydrogen-bond acceptors (Lipinski definition) is 6. The van der Waals surface area contributed by atoms with Crippen molar-refractivity contribution in [3.63, 3.8) is 0 Å². The molecule has 124 valence electrons. The van der Waals surface area contributed by atoms with E-state index in [9.17, 15) is 9.18 Å². The van der Waals surface area contributed by atoms with Gasteiger partial charge in [0.05, 0.1) is 0 Å². The summed E-state index contributed by atoms with van der Waals surface area (Å²) in [4.78, 5) is 20.6. The van der Waals surface area contributed by atoms with Crippen molar-refractivity contribution in [3.8, 4) is 10.6 Å². The summed E-state index contributed by atoms with van der Waals surface area (Å²) < 4.78 is 23.7. The van der Waals surface area contributed by atoms with Gasteiger partial charge in [0, 0.05) is 17.0 Å². The molecular weight excluding hydrogens is 343 g/mol. The van der Waals surface area contributed by atoms with Crippen LogP contribution in [-0.4, -0.2) is 15.9 Å². The van der Waals surface area contributed by atoms with E-state index >= 15 is 0 Å². The number of hydrogen-bond donors (Lipinski definition) is 0. The number of aromatic nitrogens is 2. The second-order valence-corrected chi connectivity index (χ2v) is 6.06. The summed E-state index contributed by atoms with van der Waals surface area (Å²) in [5.74, 6) is -0.776. The summed E-state index contributed by atoms with van der Waals surface area (Å²) in [5, 5.41) is 2.39. The molecule has 5 nitrogen and oxygen atoms in total. The van der Waals surface area contributed by atoms with Gasteiger partial charge in [-0.25, -0.2) is 19.2 Å². The van der Waals surface area contributed by atoms with E-state index < -0.39 is 11.8 Å². The van der Waals surface area contributed by atoms with Gasteiger partial charge in [-0.2, -0.15) is 0 Å². The molecule has 4 rings (SSSR count). The lowest BCUT2D eigenvalue weighted by molar-refractivity contribution is 0.0434. The highest BCUT2D eigenvalue weighted by atomic mass is 32.1. The number of ether oxygens (including phenoxy) is 1. The lowest BCUT2D eigenvalue weighted by atomic mass is 10.2. The Morgan fingerprint density at radius 1 is 1.16 bits per heavy atom. The van der Waals surface area contributed by atoms with E-state index in [0.717, 1.165) is 10.6 Å². The van der Waals surface area contributed by atoms with Crippen molar-refractivity contribution >= 4 is 28.4 Å². The lowest BCUT2D eigenvalue weighted by Gasteiger charge is -1.99. The molecule has 0 fully saturated rings. The van der Waals surface area contributed by atoms with Gasteiger partial charge in [0.1, 0.15) is 16.3 Å². The van der Waals surface area contributed by atoms with Gasteiger partial charge in [-0.1, -0.05) is 30.3 Å². The number of thiazole rings is 1. The van der Waals surface area contributed by atoms with Crippen LogP contribution in [0.5, 0.6) is 0 Å². The number of oxazole rings is 1. The minimum atomic E-state index is -0.563. The molecule has 25 heavy (non-hydrogen) atoms. The van der Waals surface area contributed by atoms with Crippen LogP contribution in [0.1, 0.15) is 16.4 Å². The zero-order valence-electron chi connectivity index (χ0n) is 12.8. The van der Waals surface area contributed by atoms with Crippen molar-refractivity contribution in [1.82, 2.24) is 9.97 Å². The first-order chi connectivity index (χ1) is 12.2. The second-order valence-electron chi connectivity index (χ2n) is 5.20. The average molecular weight is 354 g/mol. The molecule has 0 amide bonds. The van der Waals surface area contributed by atoms with Crippen molar-refractivity contribution in [1.29, 1.82) is 0 Å². The maximum atomic E-state index is 13.1. The molecule has 4 aromatic rings. The number of nitrogens with zero attached hydrogens (tertiary/aromatic N) is 2. The zero-order valence-corrected chi connectivity index (χ0v) is 13.6. The molecule has 0 saturated carbocycles. The standard InChI is InChI=1S/C18H11FN2O3S/c19-12-6-7-13-15(8-12)24-16(20-13)9-23-18(22)14-10-25-17(21-14)11-4-2-1-3-5-11/h1-8,10H,9H2. The molecule has 2 heterocycles. The van der Waals surface area contributed by atoms with E-state index in [1.165, 1.54) is 29.5 Å². The molecule has 0 radical (unpaired) electrons. The number of carbonyl (C=O) groups excluding carboxylic acids is 1. The highest BCUT2D eigenvalue weighted by molar-refractivity contribution is 7.13. The predicted octanol–water partition coefficient (Wildman–Crippen LogP) is 4.45. The topological polar surface area (TPSA) is 65.2 Å². The first-order valence-electron chi connectivity index (χ1n) is 7.42. The van der Waals surface area contributed by atoms with Crippen LogP contribution in [0.4, 0.5) is 4.39 Å². The molecule has 2 aromatic heterocycles. The fourth-order valence-electron chi connectivity index (χ4n) is 2.29. The zero-order chi connectivity index (χ0) is 17.2. The highest BCUT2D eigenvalue weighted by Crippen LogP contribution is 2.24. The van der Waals surface area contributed by atoms with E-state index in [4.69, 9.17) is 9.15 Å². The summed E-state index contributed by atoms with van der Waals surface area (Å²) in [7, 11) is 0. The molecule has 7 heteroatoms. The lowest BCUT2D eigenvalue weighted by Crippen LogP contribution is -2.05. The summed E-state index contributed by atoms with van der Waals surface area (Å²) in [6.45, 7) is -0.146. The molecule has 0 spiro atoms. The summed E-state index contributed by atoms with van der Waals surface area (Å²) in [6.07, 6.45) is 0. The van der Waals surface area contributed by atoms with Crippen LogP contribution in [0.3, 0.4) is 0 Å². The molecule has 0 aliphatic rings. The van der Waals surface area contributed by atoms with Crippen LogP contribution in [-0.2, 0) is 11.3 Å². The van der Waals surface area contributed by atoms with Crippen LogP contribution >= 0.6 is 11.3 Å². The van der Waals surface area contributed by atoms with Crippen LogP contribution < -0.4 is 0 Å². The summed E-state index contributed by atoms with van der Waals surface area (Å²) in [5.41, 5.74) is 1.98. The summed E-state index contributed by atoms with van der Waals surface area (Å²) >= 11 is 1.37. The molecule has 0 saturated heterocycles. The van der Waals surface area contributed by atoms with Gasteiger partial charge in [0.15, 0.2) is 17.9 Å². The molecule has 0 aliphatic heterocycles. The van der Waals surface area contributed by atoms with Gasteiger partial charge in [0.25, 0.3) is 0 Å². The molecular formula is C18H11FN2O3S. The van der Waals surface area contributed by atoms with Gasteiger partial charge in [-0.05, 0) is 12.1 Å². The minimum Gasteiger partial charge on any atom is -0.451 e. The Balaban J connectivity index is 1.46. The maximum Gasteiger partial charge on any atom is 0.358 e. The number of benzene rings is 2. The quantitative estimate of drug-likeness (QED) is 0.507. The minimum absolute atomic E-state index is 0.146. The number of halogens is 1. The molecule has 0 unspecified atom stereocenters. The average Bonchev–Trinajstić information content (AvgIpc) is 3.27. The molecule has 0 aliphatic carbocycles. The second kappa shape index (κ2) is 6.45. The highest BCUT2D eigenvalue weighted by Gasteiger charge is 2.15. The van der Waals surface area contributed by atoms with Gasteiger partial charge in [-0.15, -0.1) is 11.3 Å². The van der Waals surface area contributed by atoms with Crippen LogP contribution in [0.2, 0.25) is 0 Å². The van der Waals surface area contributed by atoms with Crippen molar-refractivity contribution in [2.24, 2.45) is 0 Å². The van der Waals surface area contributed by atoms with Gasteiger partial charge in [0.2, 0.25) is 5.89 Å². The molecule has 0 N–H and O–H groups in total. The third-order valence-corrected chi connectivity index (χ3v) is 4.35. The fourth-order valence-corrected chi connectivity index (χ4v) is 3.09. The van der Waals surface area contributed by atoms with E-state index in [0.29, 0.717) is 11.1 Å². The molecule has 0 bridgehead atoms. The van der Waals surface area contributed by atoms with E-state index in [-0.39, 0.29) is 18.2 Å². The van der Waals surface area contributed by atoms with Crippen LogP contribution in [0.25, 0.3) is 21.7 Å². The number of esters is 1. The van der Waals surface area contributed by atoms with Crippen molar-refractivity contribution in [2.45, 2.75) is 6.61 Å². The Kier molecular flexibility index (Phi) is 3.99. The SMILES string of the molecule is O=C(OCc1nc2ccc(F)cc2o1)c1csc(-c2ccccc2)n1. The first kappa shape index (κ1) is 15.5. The molecule has 0 atom stereocenters. The van der Waals surface area contributed by atoms with E-state index in [2.05, 4.69) is 9.97 Å². The van der Waals surface area contributed by atoms with Gasteiger partial charge >= 0.3 is 5.97 Å². The number of rotatable bonds is 4. The maximum absolute atomic E-state index is 13.1. The number of fused-ring (bicyclic) bond motifs is 1. The molecule has 2 aromatic carbocycles. The van der Waals surface area contributed by atoms with Crippen molar-refractivity contribution < 1.29 is 18.3 Å². The Hall–Kier alpha value is -3.06. The van der Waals surface area contributed by atoms with Crippen molar-refractivity contribution in [2.75, 3.05) is 0 Å². The van der Waals surface area contributed by atoms with Gasteiger partial charge < -0.3 is 9.15 Å². The van der Waals surface area contributed by atoms with E-state index in [1.807, 2.05) is 30.3 Å². The Bertz CT molecular complexity index is 1040. The Morgan fingerprint density at radius 2 is 2.00 bits per heavy atom. The number of carbonyl (C=O) groups is 1.